The van der Waals surface area contributed by atoms with Crippen molar-refractivity contribution in [1.29, 1.82) is 0 Å². The van der Waals surface area contributed by atoms with Gasteiger partial charge in [0.1, 0.15) is 0 Å². The van der Waals surface area contributed by atoms with Gasteiger partial charge in [-0.15, -0.1) is 0 Å². The van der Waals surface area contributed by atoms with Gasteiger partial charge in [-0.1, -0.05) is 52.3 Å². The summed E-state index contributed by atoms with van der Waals surface area (Å²) in [4.78, 5) is 2.47. The fourth-order valence-electron chi connectivity index (χ4n) is 2.89. The molecule has 1 atom stereocenters. The summed E-state index contributed by atoms with van der Waals surface area (Å²) in [6.45, 7) is 14.4. The lowest BCUT2D eigenvalue weighted by Gasteiger charge is -2.27. The maximum absolute atomic E-state index is 6.45. The highest BCUT2D eigenvalue weighted by atomic mass is 35.5. The number of hydrogen-bond donors (Lipinski definition) is 1. The number of rotatable bonds is 4. The zero-order valence-electron chi connectivity index (χ0n) is 14.0. The Bertz CT molecular complexity index is 477. The number of halogens is 1. The molecule has 1 heterocycles. The molecule has 1 aromatic carbocycles. The number of benzene rings is 1. The molecule has 3 heteroatoms. The fourth-order valence-corrected chi connectivity index (χ4v) is 3.13. The second kappa shape index (κ2) is 6.58. The minimum absolute atomic E-state index is 0.389. The largest absolute Gasteiger partial charge is 0.371 e. The average Bonchev–Trinajstić information content (AvgIpc) is 2.86. The van der Waals surface area contributed by atoms with Crippen LogP contribution in [0.5, 0.6) is 0 Å². The normalized spacial score (nSPS) is 19.6. The smallest absolute Gasteiger partial charge is 0.0471 e. The molecule has 0 saturated carbocycles. The third-order valence-electron chi connectivity index (χ3n) is 4.52. The molecular weight excluding hydrogens is 280 g/mol. The fraction of sp³-hybridized carbons (Fsp3) is 0.667. The van der Waals surface area contributed by atoms with Gasteiger partial charge in [-0.25, -0.2) is 0 Å². The van der Waals surface area contributed by atoms with Crippen molar-refractivity contribution in [2.24, 2.45) is 11.3 Å². The van der Waals surface area contributed by atoms with Crippen molar-refractivity contribution in [3.63, 3.8) is 0 Å². The van der Waals surface area contributed by atoms with E-state index in [0.717, 1.165) is 30.6 Å². The molecule has 2 rings (SSSR count). The zero-order valence-corrected chi connectivity index (χ0v) is 14.8. The molecule has 0 radical (unpaired) electrons. The van der Waals surface area contributed by atoms with Crippen LogP contribution in [-0.2, 0) is 6.54 Å². The summed E-state index contributed by atoms with van der Waals surface area (Å²) in [5, 5.41) is 4.30. The quantitative estimate of drug-likeness (QED) is 0.866. The van der Waals surface area contributed by atoms with Crippen molar-refractivity contribution in [3.05, 3.63) is 28.8 Å². The first-order valence-corrected chi connectivity index (χ1v) is 8.42. The molecule has 21 heavy (non-hydrogen) atoms. The van der Waals surface area contributed by atoms with Gasteiger partial charge in [0.15, 0.2) is 0 Å². The first-order valence-electron chi connectivity index (χ1n) is 8.04. The summed E-state index contributed by atoms with van der Waals surface area (Å²) in [6, 6.07) is 6.99. The van der Waals surface area contributed by atoms with E-state index in [1.54, 1.807) is 0 Å². The Labute approximate surface area is 134 Å². The van der Waals surface area contributed by atoms with Gasteiger partial charge in [-0.05, 0) is 35.4 Å². The first kappa shape index (κ1) is 16.6. The van der Waals surface area contributed by atoms with Crippen molar-refractivity contribution in [2.45, 2.75) is 53.6 Å². The van der Waals surface area contributed by atoms with E-state index in [1.807, 2.05) is 0 Å². The van der Waals surface area contributed by atoms with Crippen molar-refractivity contribution < 1.29 is 0 Å². The maximum Gasteiger partial charge on any atom is 0.0471 e. The van der Waals surface area contributed by atoms with Gasteiger partial charge in [-0.2, -0.15) is 0 Å². The second-order valence-electron chi connectivity index (χ2n) is 7.61. The molecule has 1 saturated heterocycles. The van der Waals surface area contributed by atoms with E-state index in [0.29, 0.717) is 11.5 Å². The summed E-state index contributed by atoms with van der Waals surface area (Å²) in [7, 11) is 0. The van der Waals surface area contributed by atoms with Gasteiger partial charge in [-0.3, -0.25) is 0 Å². The topological polar surface area (TPSA) is 15.3 Å². The lowest BCUT2D eigenvalue weighted by molar-refractivity contribution is 0.263. The third-order valence-corrected chi connectivity index (χ3v) is 4.87. The third kappa shape index (κ3) is 4.37. The first-order chi connectivity index (χ1) is 9.77. The lowest BCUT2D eigenvalue weighted by Crippen LogP contribution is -2.26. The van der Waals surface area contributed by atoms with Gasteiger partial charge in [0, 0.05) is 36.4 Å². The Kier molecular flexibility index (Phi) is 5.21. The molecule has 1 unspecified atom stereocenters. The van der Waals surface area contributed by atoms with Crippen molar-refractivity contribution in [3.8, 4) is 0 Å². The Morgan fingerprint density at radius 2 is 2.05 bits per heavy atom. The molecule has 1 aliphatic rings. The highest BCUT2D eigenvalue weighted by molar-refractivity contribution is 6.31. The van der Waals surface area contributed by atoms with E-state index < -0.39 is 0 Å². The lowest BCUT2D eigenvalue weighted by atomic mass is 9.80. The van der Waals surface area contributed by atoms with E-state index in [4.69, 9.17) is 11.6 Å². The molecule has 1 aliphatic heterocycles. The highest BCUT2D eigenvalue weighted by Crippen LogP contribution is 2.36. The molecular formula is C18H29ClN2. The molecule has 1 aromatic rings. The molecule has 0 amide bonds. The Morgan fingerprint density at radius 1 is 1.33 bits per heavy atom. The Morgan fingerprint density at radius 3 is 2.57 bits per heavy atom. The molecule has 0 spiro atoms. The molecule has 0 aromatic heterocycles. The van der Waals surface area contributed by atoms with Gasteiger partial charge in [0.05, 0.1) is 0 Å². The number of nitrogens with one attached hydrogen (secondary N) is 1. The van der Waals surface area contributed by atoms with Crippen LogP contribution < -0.4 is 10.2 Å². The van der Waals surface area contributed by atoms with Crippen LogP contribution in [0.1, 0.15) is 46.6 Å². The van der Waals surface area contributed by atoms with Crippen molar-refractivity contribution in [2.75, 3.05) is 18.0 Å². The minimum atomic E-state index is 0.389. The molecule has 0 aliphatic carbocycles. The molecule has 1 N–H and O–H groups in total. The zero-order chi connectivity index (χ0) is 15.6. The van der Waals surface area contributed by atoms with E-state index in [1.165, 1.54) is 17.7 Å². The number of anilines is 1. The average molecular weight is 309 g/mol. The van der Waals surface area contributed by atoms with Crippen LogP contribution in [0.4, 0.5) is 5.69 Å². The van der Waals surface area contributed by atoms with Gasteiger partial charge < -0.3 is 10.2 Å². The maximum atomic E-state index is 6.45. The van der Waals surface area contributed by atoms with E-state index in [9.17, 15) is 0 Å². The van der Waals surface area contributed by atoms with Crippen LogP contribution in [0.2, 0.25) is 5.02 Å². The molecule has 118 valence electrons. The van der Waals surface area contributed by atoms with Crippen molar-refractivity contribution in [1.82, 2.24) is 5.32 Å². The summed E-state index contributed by atoms with van der Waals surface area (Å²) in [6.07, 6.45) is 1.28. The van der Waals surface area contributed by atoms with Crippen molar-refractivity contribution >= 4 is 17.3 Å². The van der Waals surface area contributed by atoms with Crippen LogP contribution in [0.3, 0.4) is 0 Å². The van der Waals surface area contributed by atoms with Gasteiger partial charge in [0.25, 0.3) is 0 Å². The molecule has 2 nitrogen and oxygen atoms in total. The minimum Gasteiger partial charge on any atom is -0.371 e. The predicted molar refractivity (Wildman–Crippen MR) is 93.2 cm³/mol. The summed E-state index contributed by atoms with van der Waals surface area (Å²) >= 11 is 6.45. The summed E-state index contributed by atoms with van der Waals surface area (Å²) < 4.78 is 0. The predicted octanol–water partition coefficient (Wildman–Crippen LogP) is 4.71. The van der Waals surface area contributed by atoms with Gasteiger partial charge in [0.2, 0.25) is 0 Å². The molecule has 1 fully saturated rings. The summed E-state index contributed by atoms with van der Waals surface area (Å²) in [5.74, 6) is 0.763. The Balaban J connectivity index is 2.04. The van der Waals surface area contributed by atoms with Crippen LogP contribution in [0.15, 0.2) is 18.2 Å². The number of nitrogens with zero attached hydrogens (tertiary/aromatic N) is 1. The second-order valence-corrected chi connectivity index (χ2v) is 8.02. The highest BCUT2D eigenvalue weighted by Gasteiger charge is 2.31. The van der Waals surface area contributed by atoms with Crippen LogP contribution >= 0.6 is 11.6 Å². The van der Waals surface area contributed by atoms with E-state index in [-0.39, 0.29) is 0 Å². The number of hydrogen-bond acceptors (Lipinski definition) is 2. The van der Waals surface area contributed by atoms with E-state index in [2.05, 4.69) is 63.0 Å². The van der Waals surface area contributed by atoms with Crippen LogP contribution in [0.25, 0.3) is 0 Å². The van der Waals surface area contributed by atoms with Crippen LogP contribution in [0, 0.1) is 11.3 Å². The molecule has 0 bridgehead atoms. The summed E-state index contributed by atoms with van der Waals surface area (Å²) in [5.41, 5.74) is 2.83. The van der Waals surface area contributed by atoms with Crippen LogP contribution in [-0.4, -0.2) is 19.1 Å². The monoisotopic (exact) mass is 308 g/mol. The Hall–Kier alpha value is -0.730. The SMILES string of the molecule is CC(C)NCc1ccc(N2CCC(C(C)(C)C)C2)cc1Cl. The van der Waals surface area contributed by atoms with Gasteiger partial charge >= 0.3 is 0 Å². The standard InChI is InChI=1S/C18H29ClN2/c1-13(2)20-11-14-6-7-16(10-17(14)19)21-9-8-15(12-21)18(3,4)5/h6-7,10,13,15,20H,8-9,11-12H2,1-5H3. The van der Waals surface area contributed by atoms with E-state index >= 15 is 0 Å².